The van der Waals surface area contributed by atoms with E-state index in [0.29, 0.717) is 17.4 Å². The zero-order valence-corrected chi connectivity index (χ0v) is 12.1. The lowest BCUT2D eigenvalue weighted by Gasteiger charge is -2.32. The molecule has 1 aromatic rings. The van der Waals surface area contributed by atoms with E-state index in [9.17, 15) is 13.6 Å². The van der Waals surface area contributed by atoms with Crippen LogP contribution in [0.4, 0.5) is 14.5 Å². The zero-order chi connectivity index (χ0) is 14.0. The van der Waals surface area contributed by atoms with Gasteiger partial charge in [0.1, 0.15) is 5.69 Å². The van der Waals surface area contributed by atoms with Crippen molar-refractivity contribution in [2.24, 2.45) is 5.41 Å². The lowest BCUT2D eigenvalue weighted by Crippen LogP contribution is -2.46. The fourth-order valence-electron chi connectivity index (χ4n) is 2.18. The van der Waals surface area contributed by atoms with E-state index in [4.69, 9.17) is 0 Å². The van der Waals surface area contributed by atoms with Crippen molar-refractivity contribution in [1.82, 2.24) is 5.32 Å². The smallest absolute Gasteiger partial charge is 0.231 e. The molecule has 1 amide bonds. The summed E-state index contributed by atoms with van der Waals surface area (Å²) in [4.78, 5) is 12.2. The lowest BCUT2D eigenvalue weighted by atomic mass is 9.82. The van der Waals surface area contributed by atoms with Crippen LogP contribution >= 0.6 is 15.9 Å². The second-order valence-corrected chi connectivity index (χ2v) is 5.96. The normalized spacial score (nSPS) is 23.2. The molecule has 1 atom stereocenters. The molecule has 1 aliphatic heterocycles. The summed E-state index contributed by atoms with van der Waals surface area (Å²) >= 11 is 3.00. The van der Waals surface area contributed by atoms with Crippen molar-refractivity contribution in [1.29, 1.82) is 0 Å². The summed E-state index contributed by atoms with van der Waals surface area (Å²) in [6, 6.07) is 2.25. The fraction of sp³-hybridized carbons (Fsp3) is 0.462. The molecule has 3 nitrogen and oxygen atoms in total. The highest BCUT2D eigenvalue weighted by molar-refractivity contribution is 9.10. The average molecular weight is 333 g/mol. The summed E-state index contributed by atoms with van der Waals surface area (Å²) in [5.74, 6) is -1.93. The third-order valence-electron chi connectivity index (χ3n) is 3.39. The molecule has 0 bridgehead atoms. The van der Waals surface area contributed by atoms with Crippen LogP contribution in [0.25, 0.3) is 0 Å². The van der Waals surface area contributed by atoms with Crippen molar-refractivity contribution in [2.75, 3.05) is 18.4 Å². The number of anilines is 1. The summed E-state index contributed by atoms with van der Waals surface area (Å²) in [6.45, 7) is 3.17. The molecule has 1 aromatic carbocycles. The molecule has 0 radical (unpaired) electrons. The standard InChI is InChI=1S/C13H15BrF2N2O/c1-13(3-2-4-17-7-13)12(19)18-11-9(15)5-8(14)6-10(11)16/h5-6,17H,2-4,7H2,1H3,(H,18,19). The summed E-state index contributed by atoms with van der Waals surface area (Å²) in [6.07, 6.45) is 1.57. The minimum Gasteiger partial charge on any atom is -0.321 e. The van der Waals surface area contributed by atoms with Gasteiger partial charge in [-0.1, -0.05) is 15.9 Å². The molecule has 0 spiro atoms. The average Bonchev–Trinajstić information content (AvgIpc) is 2.34. The Balaban J connectivity index is 2.19. The third kappa shape index (κ3) is 3.12. The second-order valence-electron chi connectivity index (χ2n) is 5.04. The van der Waals surface area contributed by atoms with Gasteiger partial charge in [-0.15, -0.1) is 0 Å². The van der Waals surface area contributed by atoms with E-state index in [1.807, 2.05) is 0 Å². The topological polar surface area (TPSA) is 41.1 Å². The van der Waals surface area contributed by atoms with Crippen LogP contribution in [0, 0.1) is 17.0 Å². The quantitative estimate of drug-likeness (QED) is 0.873. The Hall–Kier alpha value is -1.01. The molecule has 1 unspecified atom stereocenters. The molecule has 19 heavy (non-hydrogen) atoms. The van der Waals surface area contributed by atoms with Gasteiger partial charge in [-0.2, -0.15) is 0 Å². The lowest BCUT2D eigenvalue weighted by molar-refractivity contribution is -0.125. The monoisotopic (exact) mass is 332 g/mol. The molecule has 1 aliphatic rings. The van der Waals surface area contributed by atoms with Gasteiger partial charge in [-0.05, 0) is 38.4 Å². The van der Waals surface area contributed by atoms with E-state index in [1.54, 1.807) is 6.92 Å². The first-order valence-corrected chi connectivity index (χ1v) is 6.88. The number of carbonyl (C=O) groups is 1. The molecule has 1 saturated heterocycles. The fourth-order valence-corrected chi connectivity index (χ4v) is 2.58. The van der Waals surface area contributed by atoms with Gasteiger partial charge in [-0.25, -0.2) is 8.78 Å². The minimum atomic E-state index is -0.785. The Bertz CT molecular complexity index is 478. The van der Waals surface area contributed by atoms with E-state index in [1.165, 1.54) is 0 Å². The molecule has 6 heteroatoms. The summed E-state index contributed by atoms with van der Waals surface area (Å²) < 4.78 is 27.6. The molecule has 104 valence electrons. The number of halogens is 3. The van der Waals surface area contributed by atoms with E-state index in [0.717, 1.165) is 25.1 Å². The minimum absolute atomic E-state index is 0.297. The summed E-state index contributed by atoms with van der Waals surface area (Å²) in [5, 5.41) is 5.49. The highest BCUT2D eigenvalue weighted by Gasteiger charge is 2.35. The van der Waals surface area contributed by atoms with Crippen molar-refractivity contribution < 1.29 is 13.6 Å². The second kappa shape index (κ2) is 5.54. The highest BCUT2D eigenvalue weighted by Crippen LogP contribution is 2.29. The van der Waals surface area contributed by atoms with Gasteiger partial charge < -0.3 is 10.6 Å². The first kappa shape index (κ1) is 14.4. The largest absolute Gasteiger partial charge is 0.321 e. The van der Waals surface area contributed by atoms with Crippen LogP contribution in [0.1, 0.15) is 19.8 Å². The predicted molar refractivity (Wildman–Crippen MR) is 72.9 cm³/mol. The number of benzene rings is 1. The van der Waals surface area contributed by atoms with Crippen LogP contribution in [-0.4, -0.2) is 19.0 Å². The third-order valence-corrected chi connectivity index (χ3v) is 3.85. The van der Waals surface area contributed by atoms with E-state index in [-0.39, 0.29) is 11.6 Å². The number of amides is 1. The van der Waals surface area contributed by atoms with Crippen LogP contribution in [0.3, 0.4) is 0 Å². The van der Waals surface area contributed by atoms with Gasteiger partial charge >= 0.3 is 0 Å². The Morgan fingerprint density at radius 2 is 2.05 bits per heavy atom. The van der Waals surface area contributed by atoms with Gasteiger partial charge in [0.15, 0.2) is 11.6 Å². The number of rotatable bonds is 2. The Labute approximate surface area is 118 Å². The maximum Gasteiger partial charge on any atom is 0.231 e. The van der Waals surface area contributed by atoms with E-state index < -0.39 is 17.0 Å². The summed E-state index contributed by atoms with van der Waals surface area (Å²) in [7, 11) is 0. The molecule has 0 saturated carbocycles. The molecule has 1 fully saturated rings. The number of hydrogen-bond donors (Lipinski definition) is 2. The molecule has 1 heterocycles. The van der Waals surface area contributed by atoms with Crippen molar-refractivity contribution in [3.63, 3.8) is 0 Å². The van der Waals surface area contributed by atoms with Gasteiger partial charge in [0, 0.05) is 11.0 Å². The van der Waals surface area contributed by atoms with Crippen LogP contribution in [-0.2, 0) is 4.79 Å². The van der Waals surface area contributed by atoms with Crippen molar-refractivity contribution in [3.8, 4) is 0 Å². The molecule has 2 N–H and O–H groups in total. The molecule has 0 aliphatic carbocycles. The maximum atomic E-state index is 13.7. The predicted octanol–water partition coefficient (Wildman–Crippen LogP) is 3.06. The number of carbonyl (C=O) groups excluding carboxylic acids is 1. The van der Waals surface area contributed by atoms with Gasteiger partial charge in [0.25, 0.3) is 0 Å². The van der Waals surface area contributed by atoms with Crippen molar-refractivity contribution in [3.05, 3.63) is 28.2 Å². The highest BCUT2D eigenvalue weighted by atomic mass is 79.9. The Kier molecular flexibility index (Phi) is 4.20. The van der Waals surface area contributed by atoms with Crippen molar-refractivity contribution in [2.45, 2.75) is 19.8 Å². The molecule has 0 aromatic heterocycles. The summed E-state index contributed by atoms with van der Waals surface area (Å²) in [5.41, 5.74) is -1.02. The Morgan fingerprint density at radius 3 is 2.58 bits per heavy atom. The van der Waals surface area contributed by atoms with Crippen LogP contribution < -0.4 is 10.6 Å². The molecule has 2 rings (SSSR count). The SMILES string of the molecule is CC1(C(=O)Nc2c(F)cc(Br)cc2F)CCCNC1. The first-order valence-electron chi connectivity index (χ1n) is 6.09. The number of nitrogens with one attached hydrogen (secondary N) is 2. The van der Waals surface area contributed by atoms with Crippen LogP contribution in [0.2, 0.25) is 0 Å². The van der Waals surface area contributed by atoms with Crippen molar-refractivity contribution >= 4 is 27.5 Å². The molecular formula is C13H15BrF2N2O. The zero-order valence-electron chi connectivity index (χ0n) is 10.5. The number of piperidine rings is 1. The van der Waals surface area contributed by atoms with Crippen LogP contribution in [0.15, 0.2) is 16.6 Å². The van der Waals surface area contributed by atoms with E-state index >= 15 is 0 Å². The van der Waals surface area contributed by atoms with Gasteiger partial charge in [0.05, 0.1) is 5.41 Å². The van der Waals surface area contributed by atoms with Crippen LogP contribution in [0.5, 0.6) is 0 Å². The molecular weight excluding hydrogens is 318 g/mol. The maximum absolute atomic E-state index is 13.7. The number of hydrogen-bond acceptors (Lipinski definition) is 2. The first-order chi connectivity index (χ1) is 8.92. The van der Waals surface area contributed by atoms with Gasteiger partial charge in [0.2, 0.25) is 5.91 Å². The van der Waals surface area contributed by atoms with Gasteiger partial charge in [-0.3, -0.25) is 4.79 Å². The van der Waals surface area contributed by atoms with E-state index in [2.05, 4.69) is 26.6 Å². The Morgan fingerprint density at radius 1 is 1.42 bits per heavy atom.